The molecule has 0 saturated carbocycles. The van der Waals surface area contributed by atoms with E-state index in [1.54, 1.807) is 7.11 Å². The first-order chi connectivity index (χ1) is 8.41. The molecule has 1 aromatic carbocycles. The second-order valence-corrected chi connectivity index (χ2v) is 5.34. The fourth-order valence-electron chi connectivity index (χ4n) is 1.39. The van der Waals surface area contributed by atoms with Gasteiger partial charge in [-0.1, -0.05) is 5.16 Å². The number of hydrogen-bond donors (Lipinski definition) is 1. The molecule has 0 unspecified atom stereocenters. The third kappa shape index (κ3) is 2.54. The second kappa shape index (κ2) is 4.70. The number of methoxy groups -OCH3 is 1. The Balaban J connectivity index is 2.45. The van der Waals surface area contributed by atoms with Crippen molar-refractivity contribution in [2.45, 2.75) is 19.4 Å². The monoisotopic (exact) mass is 311 g/mol. The highest BCUT2D eigenvalue weighted by molar-refractivity contribution is 9.10. The first-order valence-electron chi connectivity index (χ1n) is 5.39. The molecule has 0 aliphatic carbocycles. The smallest absolute Gasteiger partial charge is 0.259 e. The molecule has 0 spiro atoms. The summed E-state index contributed by atoms with van der Waals surface area (Å²) >= 11 is 3.44. The zero-order valence-corrected chi connectivity index (χ0v) is 12.0. The van der Waals surface area contributed by atoms with E-state index in [1.807, 2.05) is 32.0 Å². The lowest BCUT2D eigenvalue weighted by Crippen LogP contribution is -2.30. The Kier molecular flexibility index (Phi) is 3.41. The molecule has 2 aromatic rings. The van der Waals surface area contributed by atoms with E-state index in [4.69, 9.17) is 15.0 Å². The maximum atomic E-state index is 5.92. The Bertz CT molecular complexity index is 561. The molecule has 0 fully saturated rings. The minimum absolute atomic E-state index is 0.411. The molecule has 0 saturated heterocycles. The SMILES string of the molecule is COc1ccc(Br)c(-c2nc(C(C)(C)N)no2)c1. The van der Waals surface area contributed by atoms with Crippen molar-refractivity contribution in [1.29, 1.82) is 0 Å². The van der Waals surface area contributed by atoms with E-state index >= 15 is 0 Å². The summed E-state index contributed by atoms with van der Waals surface area (Å²) < 4.78 is 11.3. The summed E-state index contributed by atoms with van der Waals surface area (Å²) in [5, 5.41) is 3.89. The van der Waals surface area contributed by atoms with E-state index < -0.39 is 5.54 Å². The summed E-state index contributed by atoms with van der Waals surface area (Å²) in [5.74, 6) is 1.60. The minimum atomic E-state index is -0.632. The molecule has 5 nitrogen and oxygen atoms in total. The quantitative estimate of drug-likeness (QED) is 0.943. The van der Waals surface area contributed by atoms with Gasteiger partial charge in [-0.2, -0.15) is 4.98 Å². The number of hydrogen-bond acceptors (Lipinski definition) is 5. The summed E-state index contributed by atoms with van der Waals surface area (Å²) in [5.41, 5.74) is 6.06. The predicted octanol–water partition coefficient (Wildman–Crippen LogP) is 2.70. The molecule has 96 valence electrons. The molecule has 0 aliphatic rings. The zero-order chi connectivity index (χ0) is 13.3. The van der Waals surface area contributed by atoms with Crippen LogP contribution in [0.2, 0.25) is 0 Å². The molecule has 0 aliphatic heterocycles. The van der Waals surface area contributed by atoms with Crippen LogP contribution < -0.4 is 10.5 Å². The van der Waals surface area contributed by atoms with Gasteiger partial charge >= 0.3 is 0 Å². The lowest BCUT2D eigenvalue weighted by molar-refractivity contribution is 0.396. The van der Waals surface area contributed by atoms with E-state index in [-0.39, 0.29) is 0 Å². The van der Waals surface area contributed by atoms with E-state index in [0.29, 0.717) is 11.7 Å². The highest BCUT2D eigenvalue weighted by Gasteiger charge is 2.22. The number of benzene rings is 1. The zero-order valence-electron chi connectivity index (χ0n) is 10.4. The van der Waals surface area contributed by atoms with E-state index in [1.165, 1.54) is 0 Å². The largest absolute Gasteiger partial charge is 0.497 e. The predicted molar refractivity (Wildman–Crippen MR) is 71.2 cm³/mol. The molecule has 2 N–H and O–H groups in total. The molecule has 0 atom stereocenters. The number of aromatic nitrogens is 2. The minimum Gasteiger partial charge on any atom is -0.497 e. The van der Waals surface area contributed by atoms with Gasteiger partial charge in [0, 0.05) is 4.47 Å². The van der Waals surface area contributed by atoms with Gasteiger partial charge in [-0.15, -0.1) is 0 Å². The highest BCUT2D eigenvalue weighted by atomic mass is 79.9. The van der Waals surface area contributed by atoms with Gasteiger partial charge in [0.2, 0.25) is 0 Å². The fraction of sp³-hybridized carbons (Fsp3) is 0.333. The molecule has 0 bridgehead atoms. The van der Waals surface area contributed by atoms with Gasteiger partial charge in [-0.25, -0.2) is 0 Å². The van der Waals surface area contributed by atoms with Crippen molar-refractivity contribution in [3.05, 3.63) is 28.5 Å². The lowest BCUT2D eigenvalue weighted by atomic mass is 10.1. The molecule has 2 rings (SSSR count). The maximum absolute atomic E-state index is 5.92. The maximum Gasteiger partial charge on any atom is 0.259 e. The molecule has 6 heteroatoms. The Morgan fingerprint density at radius 3 is 2.67 bits per heavy atom. The topological polar surface area (TPSA) is 74.2 Å². The summed E-state index contributed by atoms with van der Waals surface area (Å²) in [4.78, 5) is 4.30. The lowest BCUT2D eigenvalue weighted by Gasteiger charge is -2.11. The van der Waals surface area contributed by atoms with Crippen LogP contribution in [-0.2, 0) is 5.54 Å². The van der Waals surface area contributed by atoms with E-state index in [2.05, 4.69) is 26.1 Å². The standard InChI is InChI=1S/C12H14BrN3O2/c1-12(2,14)11-15-10(18-16-11)8-6-7(17-3)4-5-9(8)13/h4-6H,14H2,1-3H3. The Morgan fingerprint density at radius 2 is 2.11 bits per heavy atom. The highest BCUT2D eigenvalue weighted by Crippen LogP contribution is 2.31. The van der Waals surface area contributed by atoms with Gasteiger partial charge in [-0.3, -0.25) is 0 Å². The Hall–Kier alpha value is -1.40. The van der Waals surface area contributed by atoms with Crippen LogP contribution in [0.3, 0.4) is 0 Å². The molecule has 0 amide bonds. The number of rotatable bonds is 3. The van der Waals surface area contributed by atoms with Gasteiger partial charge in [0.15, 0.2) is 5.82 Å². The van der Waals surface area contributed by atoms with Crippen molar-refractivity contribution in [2.24, 2.45) is 5.73 Å². The third-order valence-electron chi connectivity index (χ3n) is 2.41. The Morgan fingerprint density at radius 1 is 1.39 bits per heavy atom. The first-order valence-corrected chi connectivity index (χ1v) is 6.18. The fourth-order valence-corrected chi connectivity index (χ4v) is 1.81. The van der Waals surface area contributed by atoms with Crippen molar-refractivity contribution >= 4 is 15.9 Å². The summed E-state index contributed by atoms with van der Waals surface area (Å²) in [6.07, 6.45) is 0. The number of nitrogens with zero attached hydrogens (tertiary/aromatic N) is 2. The summed E-state index contributed by atoms with van der Waals surface area (Å²) in [7, 11) is 1.61. The van der Waals surface area contributed by atoms with Crippen LogP contribution in [0.5, 0.6) is 5.75 Å². The summed E-state index contributed by atoms with van der Waals surface area (Å²) in [6.45, 7) is 3.64. The van der Waals surface area contributed by atoms with Crippen molar-refractivity contribution in [1.82, 2.24) is 10.1 Å². The number of halogens is 1. The van der Waals surface area contributed by atoms with Crippen molar-refractivity contribution < 1.29 is 9.26 Å². The third-order valence-corrected chi connectivity index (χ3v) is 3.10. The number of ether oxygens (including phenoxy) is 1. The van der Waals surface area contributed by atoms with Crippen molar-refractivity contribution in [3.63, 3.8) is 0 Å². The molecule has 0 radical (unpaired) electrons. The second-order valence-electron chi connectivity index (χ2n) is 4.49. The van der Waals surface area contributed by atoms with Gasteiger partial charge in [0.1, 0.15) is 5.75 Å². The van der Waals surface area contributed by atoms with Crippen LogP contribution in [0, 0.1) is 0 Å². The van der Waals surface area contributed by atoms with Crippen LogP contribution >= 0.6 is 15.9 Å². The Labute approximate surface area is 113 Å². The van der Waals surface area contributed by atoms with Crippen LogP contribution in [0.4, 0.5) is 0 Å². The van der Waals surface area contributed by atoms with Crippen molar-refractivity contribution in [2.75, 3.05) is 7.11 Å². The normalized spacial score (nSPS) is 11.6. The first kappa shape index (κ1) is 13.0. The van der Waals surface area contributed by atoms with E-state index in [0.717, 1.165) is 15.8 Å². The average Bonchev–Trinajstić information content (AvgIpc) is 2.78. The van der Waals surface area contributed by atoms with Gasteiger partial charge in [0.25, 0.3) is 5.89 Å². The van der Waals surface area contributed by atoms with E-state index in [9.17, 15) is 0 Å². The molecular formula is C12H14BrN3O2. The number of nitrogens with two attached hydrogens (primary N) is 1. The van der Waals surface area contributed by atoms with Crippen LogP contribution in [0.1, 0.15) is 19.7 Å². The molecule has 18 heavy (non-hydrogen) atoms. The van der Waals surface area contributed by atoms with Crippen molar-refractivity contribution in [3.8, 4) is 17.2 Å². The molecule has 1 aromatic heterocycles. The molecule has 1 heterocycles. The van der Waals surface area contributed by atoms with Crippen LogP contribution in [-0.4, -0.2) is 17.3 Å². The van der Waals surface area contributed by atoms with Crippen LogP contribution in [0.25, 0.3) is 11.5 Å². The average molecular weight is 312 g/mol. The van der Waals surface area contributed by atoms with Crippen LogP contribution in [0.15, 0.2) is 27.2 Å². The van der Waals surface area contributed by atoms with Gasteiger partial charge in [0.05, 0.1) is 18.2 Å². The summed E-state index contributed by atoms with van der Waals surface area (Å²) in [6, 6.07) is 5.54. The van der Waals surface area contributed by atoms with Gasteiger partial charge in [-0.05, 0) is 48.0 Å². The van der Waals surface area contributed by atoms with Gasteiger partial charge < -0.3 is 15.0 Å². The molecular weight excluding hydrogens is 298 g/mol.